The van der Waals surface area contributed by atoms with Gasteiger partial charge in [-0.3, -0.25) is 4.79 Å². The van der Waals surface area contributed by atoms with E-state index in [0.29, 0.717) is 5.75 Å². The molecule has 0 saturated heterocycles. The normalized spacial score (nSPS) is 11.1. The second kappa shape index (κ2) is 8.73. The molecule has 23 heavy (non-hydrogen) atoms. The third kappa shape index (κ3) is 5.25. The lowest BCUT2D eigenvalue weighted by Gasteiger charge is -2.11. The van der Waals surface area contributed by atoms with Gasteiger partial charge in [0, 0.05) is 11.3 Å². The summed E-state index contributed by atoms with van der Waals surface area (Å²) in [4.78, 5) is 11.8. The third-order valence-electron chi connectivity index (χ3n) is 3.31. The summed E-state index contributed by atoms with van der Waals surface area (Å²) >= 11 is 0. The molecular weight excluding hydrogens is 288 g/mol. The van der Waals surface area contributed by atoms with Gasteiger partial charge in [-0.1, -0.05) is 61.9 Å². The van der Waals surface area contributed by atoms with Crippen LogP contribution in [0.3, 0.4) is 0 Å². The van der Waals surface area contributed by atoms with E-state index in [1.54, 1.807) is 0 Å². The number of hydrazone groups is 1. The van der Waals surface area contributed by atoms with Gasteiger partial charge in [-0.2, -0.15) is 5.10 Å². The van der Waals surface area contributed by atoms with Crippen LogP contribution >= 0.6 is 0 Å². The number of nitrogens with zero attached hydrogens (tertiary/aromatic N) is 1. The molecule has 4 heteroatoms. The average Bonchev–Trinajstić information content (AvgIpc) is 2.59. The smallest absolute Gasteiger partial charge is 0.277 e. The number of hydrogen-bond donors (Lipinski definition) is 1. The van der Waals surface area contributed by atoms with Gasteiger partial charge in [0.1, 0.15) is 5.75 Å². The molecule has 1 N–H and O–H groups in total. The quantitative estimate of drug-likeness (QED) is 0.620. The summed E-state index contributed by atoms with van der Waals surface area (Å²) in [7, 11) is 0. The molecule has 0 aliphatic heterocycles. The summed E-state index contributed by atoms with van der Waals surface area (Å²) in [6.07, 6.45) is 1.88. The van der Waals surface area contributed by atoms with Crippen LogP contribution in [0.2, 0.25) is 0 Å². The zero-order valence-electron chi connectivity index (χ0n) is 13.6. The summed E-state index contributed by atoms with van der Waals surface area (Å²) in [6, 6.07) is 17.6. The van der Waals surface area contributed by atoms with Crippen LogP contribution in [0.4, 0.5) is 0 Å². The van der Waals surface area contributed by atoms with Crippen LogP contribution in [0.25, 0.3) is 11.1 Å². The summed E-state index contributed by atoms with van der Waals surface area (Å²) in [6.45, 7) is 3.91. The molecule has 0 aliphatic carbocycles. The standard InChI is InChI=1S/C19H22N2O2/c1-3-9-15(2)20-21-19(22)14-23-18-13-8-7-12-17(18)16-10-5-4-6-11-16/h4-8,10-13H,3,9,14H2,1-2H3,(H,21,22)/b20-15-. The third-order valence-corrected chi connectivity index (χ3v) is 3.31. The first kappa shape index (κ1) is 16.7. The molecule has 0 fully saturated rings. The summed E-state index contributed by atoms with van der Waals surface area (Å²) in [5, 5.41) is 4.04. The molecule has 0 heterocycles. The summed E-state index contributed by atoms with van der Waals surface area (Å²) in [5.74, 6) is 0.423. The molecule has 0 saturated carbocycles. The summed E-state index contributed by atoms with van der Waals surface area (Å²) in [5.41, 5.74) is 5.45. The maximum Gasteiger partial charge on any atom is 0.277 e. The van der Waals surface area contributed by atoms with E-state index in [0.717, 1.165) is 29.7 Å². The van der Waals surface area contributed by atoms with Crippen molar-refractivity contribution >= 4 is 11.6 Å². The van der Waals surface area contributed by atoms with Crippen molar-refractivity contribution in [3.8, 4) is 16.9 Å². The molecule has 0 aromatic heterocycles. The fourth-order valence-corrected chi connectivity index (χ4v) is 2.20. The first-order valence-electron chi connectivity index (χ1n) is 7.80. The fraction of sp³-hybridized carbons (Fsp3) is 0.263. The van der Waals surface area contributed by atoms with Crippen molar-refractivity contribution in [1.29, 1.82) is 0 Å². The van der Waals surface area contributed by atoms with E-state index in [9.17, 15) is 4.79 Å². The minimum Gasteiger partial charge on any atom is -0.483 e. The van der Waals surface area contributed by atoms with Crippen LogP contribution in [-0.2, 0) is 4.79 Å². The van der Waals surface area contributed by atoms with Gasteiger partial charge in [0.05, 0.1) is 0 Å². The molecule has 2 aromatic rings. The molecule has 0 spiro atoms. The highest BCUT2D eigenvalue weighted by Crippen LogP contribution is 2.29. The number of ether oxygens (including phenoxy) is 1. The van der Waals surface area contributed by atoms with Crippen molar-refractivity contribution in [2.24, 2.45) is 5.10 Å². The van der Waals surface area contributed by atoms with Crippen molar-refractivity contribution in [2.45, 2.75) is 26.7 Å². The maximum atomic E-state index is 11.8. The van der Waals surface area contributed by atoms with Crippen molar-refractivity contribution < 1.29 is 9.53 Å². The number of amides is 1. The van der Waals surface area contributed by atoms with E-state index in [4.69, 9.17) is 4.74 Å². The van der Waals surface area contributed by atoms with Crippen molar-refractivity contribution in [1.82, 2.24) is 5.43 Å². The Kier molecular flexibility index (Phi) is 6.36. The van der Waals surface area contributed by atoms with Gasteiger partial charge in [-0.05, 0) is 25.0 Å². The van der Waals surface area contributed by atoms with Crippen LogP contribution < -0.4 is 10.2 Å². The zero-order chi connectivity index (χ0) is 16.5. The zero-order valence-corrected chi connectivity index (χ0v) is 13.6. The minimum atomic E-state index is -0.261. The Bertz CT molecular complexity index is 666. The molecule has 0 unspecified atom stereocenters. The van der Waals surface area contributed by atoms with Crippen LogP contribution in [0.5, 0.6) is 5.75 Å². The molecule has 2 aromatic carbocycles. The average molecular weight is 310 g/mol. The Hall–Kier alpha value is -2.62. The van der Waals surface area contributed by atoms with Gasteiger partial charge < -0.3 is 4.74 Å². The van der Waals surface area contributed by atoms with Crippen molar-refractivity contribution in [2.75, 3.05) is 6.61 Å². The Morgan fingerprint density at radius 2 is 1.78 bits per heavy atom. The number of carbonyl (C=O) groups is 1. The Labute approximate surface area is 137 Å². The Balaban J connectivity index is 1.99. The maximum absolute atomic E-state index is 11.8. The minimum absolute atomic E-state index is 0.0627. The highest BCUT2D eigenvalue weighted by Gasteiger charge is 2.07. The van der Waals surface area contributed by atoms with E-state index in [1.165, 1.54) is 0 Å². The topological polar surface area (TPSA) is 50.7 Å². The number of rotatable bonds is 7. The highest BCUT2D eigenvalue weighted by atomic mass is 16.5. The van der Waals surface area contributed by atoms with Gasteiger partial charge in [-0.25, -0.2) is 5.43 Å². The largest absolute Gasteiger partial charge is 0.483 e. The lowest BCUT2D eigenvalue weighted by Crippen LogP contribution is -2.25. The van der Waals surface area contributed by atoms with Crippen molar-refractivity contribution in [3.05, 3.63) is 54.6 Å². The Morgan fingerprint density at radius 1 is 1.09 bits per heavy atom. The fourth-order valence-electron chi connectivity index (χ4n) is 2.20. The van der Waals surface area contributed by atoms with E-state index < -0.39 is 0 Å². The highest BCUT2D eigenvalue weighted by molar-refractivity contribution is 5.84. The molecule has 0 radical (unpaired) electrons. The van der Waals surface area contributed by atoms with Gasteiger partial charge in [0.25, 0.3) is 5.91 Å². The molecule has 0 bridgehead atoms. The molecule has 0 aliphatic rings. The molecule has 4 nitrogen and oxygen atoms in total. The predicted molar refractivity (Wildman–Crippen MR) is 93.5 cm³/mol. The van der Waals surface area contributed by atoms with E-state index >= 15 is 0 Å². The number of carbonyl (C=O) groups excluding carboxylic acids is 1. The monoisotopic (exact) mass is 310 g/mol. The molecule has 1 amide bonds. The summed E-state index contributed by atoms with van der Waals surface area (Å²) < 4.78 is 5.66. The van der Waals surface area contributed by atoms with Gasteiger partial charge in [0.15, 0.2) is 6.61 Å². The first-order chi connectivity index (χ1) is 11.2. The van der Waals surface area contributed by atoms with Crippen molar-refractivity contribution in [3.63, 3.8) is 0 Å². The molecule has 0 atom stereocenters. The molecule has 120 valence electrons. The van der Waals surface area contributed by atoms with Crippen LogP contribution in [0.15, 0.2) is 59.7 Å². The second-order valence-electron chi connectivity index (χ2n) is 5.28. The van der Waals surface area contributed by atoms with Gasteiger partial charge in [0.2, 0.25) is 0 Å². The van der Waals surface area contributed by atoms with Gasteiger partial charge >= 0.3 is 0 Å². The van der Waals surface area contributed by atoms with E-state index in [1.807, 2.05) is 61.5 Å². The number of benzene rings is 2. The predicted octanol–water partition coefficient (Wildman–Crippen LogP) is 4.02. The van der Waals surface area contributed by atoms with Crippen LogP contribution in [0.1, 0.15) is 26.7 Å². The van der Waals surface area contributed by atoms with Crippen LogP contribution in [0, 0.1) is 0 Å². The number of hydrogen-bond acceptors (Lipinski definition) is 3. The van der Waals surface area contributed by atoms with E-state index in [-0.39, 0.29) is 12.5 Å². The van der Waals surface area contributed by atoms with Crippen LogP contribution in [-0.4, -0.2) is 18.2 Å². The SMILES string of the molecule is CCC/C(C)=N\NC(=O)COc1ccccc1-c1ccccc1. The lowest BCUT2D eigenvalue weighted by atomic mass is 10.1. The van der Waals surface area contributed by atoms with Gasteiger partial charge in [-0.15, -0.1) is 0 Å². The lowest BCUT2D eigenvalue weighted by molar-refractivity contribution is -0.123. The Morgan fingerprint density at radius 3 is 2.52 bits per heavy atom. The first-order valence-corrected chi connectivity index (χ1v) is 7.80. The molecular formula is C19H22N2O2. The number of para-hydroxylation sites is 1. The second-order valence-corrected chi connectivity index (χ2v) is 5.28. The molecule has 2 rings (SSSR count). The van der Waals surface area contributed by atoms with E-state index in [2.05, 4.69) is 17.5 Å². The number of nitrogens with one attached hydrogen (secondary N) is 1.